The van der Waals surface area contributed by atoms with Crippen LogP contribution in [0.2, 0.25) is 0 Å². The van der Waals surface area contributed by atoms with Gasteiger partial charge in [0.2, 0.25) is 0 Å². The van der Waals surface area contributed by atoms with Gasteiger partial charge in [-0.25, -0.2) is 9.59 Å². The Morgan fingerprint density at radius 3 is 1.71 bits per heavy atom. The highest BCUT2D eigenvalue weighted by molar-refractivity contribution is 5.92. The smallest absolute Gasteiger partial charge is 0.339 e. The van der Waals surface area contributed by atoms with Crippen molar-refractivity contribution in [3.63, 3.8) is 0 Å². The second-order valence-corrected chi connectivity index (χ2v) is 21.0. The van der Waals surface area contributed by atoms with Crippen LogP contribution in [0.3, 0.4) is 0 Å². The predicted octanol–water partition coefficient (Wildman–Crippen LogP) is 12.5. The molecule has 0 saturated heterocycles. The first kappa shape index (κ1) is 51.4. The van der Waals surface area contributed by atoms with Crippen molar-refractivity contribution >= 4 is 52.6 Å². The van der Waals surface area contributed by atoms with Gasteiger partial charge in [-0.15, -0.1) is 0 Å². The highest BCUT2D eigenvalue weighted by Crippen LogP contribution is 2.69. The van der Waals surface area contributed by atoms with Crippen LogP contribution in [0.1, 0.15) is 130 Å². The van der Waals surface area contributed by atoms with E-state index in [4.69, 9.17) is 9.47 Å². The van der Waals surface area contributed by atoms with E-state index >= 15 is 0 Å². The topological polar surface area (TPSA) is 254 Å². The summed E-state index contributed by atoms with van der Waals surface area (Å²) in [5.74, 6) is -3.31. The lowest BCUT2D eigenvalue weighted by atomic mass is 9.43. The van der Waals surface area contributed by atoms with E-state index in [2.05, 4.69) is 41.2 Å². The fourth-order valence-corrected chi connectivity index (χ4v) is 13.2. The van der Waals surface area contributed by atoms with Gasteiger partial charge in [0.1, 0.15) is 34.8 Å². The molecule has 380 valence electrons. The average molecular weight is 985 g/mol. The monoisotopic (exact) mass is 984 g/mol. The molecule has 4 aromatic rings. The number of aromatic hydroxyl groups is 2. The number of carbonyl (C=O) groups is 5. The van der Waals surface area contributed by atoms with E-state index in [-0.39, 0.29) is 112 Å². The summed E-state index contributed by atoms with van der Waals surface area (Å²) >= 11 is 0. The summed E-state index contributed by atoms with van der Waals surface area (Å²) in [4.78, 5) is 62.5. The van der Waals surface area contributed by atoms with Crippen molar-refractivity contribution in [3.8, 4) is 11.5 Å². The first-order valence-corrected chi connectivity index (χ1v) is 25.2. The van der Waals surface area contributed by atoms with Crippen molar-refractivity contribution in [1.29, 1.82) is 0 Å². The Kier molecular flexibility index (Phi) is 15.6. The Hall–Kier alpha value is -6.97. The van der Waals surface area contributed by atoms with Crippen LogP contribution in [-0.2, 0) is 36.7 Å². The van der Waals surface area contributed by atoms with Gasteiger partial charge in [-0.3, -0.25) is 14.4 Å². The predicted molar refractivity (Wildman–Crippen MR) is 264 cm³/mol. The summed E-state index contributed by atoms with van der Waals surface area (Å²) in [6, 6.07) is 22.5. The molecule has 16 heteroatoms. The third kappa shape index (κ3) is 11.2. The lowest BCUT2D eigenvalue weighted by molar-refractivity contribution is -0.198. The average Bonchev–Trinajstić information content (AvgIpc) is 3.71. The molecule has 0 heterocycles. The minimum absolute atomic E-state index is 0.0260. The number of phenols is 2. The van der Waals surface area contributed by atoms with E-state index in [0.717, 1.165) is 49.7 Å². The standard InChI is InChI=1S/C56H64N4O12/c1-32(12-21-49(63)64)41-17-18-42-52-43(25-27-56(41,42)3)55(2)26-24-38(71-50(65)22-13-33-8-4-6-10-44(33)59-57-36-15-19-46(61)39(30-36)53(67)68)28-35(55)29-48(52)72-51(66)23-14-34-9-5-7-11-45(34)60-58-37-16-20-47(62)40(31-37)54(69)70/h4-11,15-16,19-20,30-32,35,38,41-43,48,52,61-62H,12-14,17-18,21-29H2,1-3H3,(H,63,64)(H,67,68)(H,69,70)/t32?,35?,38-,41?,42?,43?,48?,52?,55?,56?/m1/s1. The number of rotatable bonds is 18. The minimum Gasteiger partial charge on any atom is -0.507 e. The van der Waals surface area contributed by atoms with Gasteiger partial charge in [-0.2, -0.15) is 20.5 Å². The zero-order valence-electron chi connectivity index (χ0n) is 41.0. The summed E-state index contributed by atoms with van der Waals surface area (Å²) in [7, 11) is 0. The number of carboxylic acids is 3. The molecular weight excluding hydrogens is 921 g/mol. The van der Waals surface area contributed by atoms with Crippen molar-refractivity contribution in [3.05, 3.63) is 107 Å². The fraction of sp³-hybridized carbons (Fsp3) is 0.482. The maximum absolute atomic E-state index is 14.2. The van der Waals surface area contributed by atoms with Crippen LogP contribution in [0.25, 0.3) is 0 Å². The maximum atomic E-state index is 14.2. The van der Waals surface area contributed by atoms with E-state index in [1.165, 1.54) is 36.4 Å². The Balaban J connectivity index is 0.959. The molecule has 0 radical (unpaired) electrons. The maximum Gasteiger partial charge on any atom is 0.339 e. The highest BCUT2D eigenvalue weighted by atomic mass is 16.5. The number of carbonyl (C=O) groups excluding carboxylic acids is 2. The number of hydrogen-bond donors (Lipinski definition) is 5. The zero-order valence-corrected chi connectivity index (χ0v) is 41.0. The van der Waals surface area contributed by atoms with Crippen LogP contribution in [0, 0.1) is 46.3 Å². The van der Waals surface area contributed by atoms with Gasteiger partial charge >= 0.3 is 29.8 Å². The molecule has 10 atom stereocenters. The third-order valence-corrected chi connectivity index (χ3v) is 16.9. The lowest BCUT2D eigenvalue weighted by Crippen LogP contribution is -2.59. The van der Waals surface area contributed by atoms with Crippen molar-refractivity contribution in [2.24, 2.45) is 66.8 Å². The van der Waals surface area contributed by atoms with E-state index in [1.807, 2.05) is 24.3 Å². The quantitative estimate of drug-likeness (QED) is 0.0461. The molecule has 8 rings (SSSR count). The molecule has 9 unspecified atom stereocenters. The van der Waals surface area contributed by atoms with Gasteiger partial charge in [0.05, 0.1) is 22.7 Å². The number of nitrogens with zero attached hydrogens (tertiary/aromatic N) is 4. The van der Waals surface area contributed by atoms with Gasteiger partial charge in [0.25, 0.3) is 0 Å². The molecule has 4 aromatic carbocycles. The number of esters is 2. The van der Waals surface area contributed by atoms with Gasteiger partial charge in [-0.05, 0) is 171 Å². The summed E-state index contributed by atoms with van der Waals surface area (Å²) in [5, 5.41) is 65.4. The molecule has 4 aliphatic rings. The van der Waals surface area contributed by atoms with Crippen LogP contribution in [0.15, 0.2) is 105 Å². The summed E-state index contributed by atoms with van der Waals surface area (Å²) in [5.41, 5.74) is 2.39. The van der Waals surface area contributed by atoms with Crippen molar-refractivity contribution in [1.82, 2.24) is 0 Å². The summed E-state index contributed by atoms with van der Waals surface area (Å²) in [6.07, 6.45) is 7.87. The molecule has 16 nitrogen and oxygen atoms in total. The Labute approximate surface area is 418 Å². The van der Waals surface area contributed by atoms with E-state index in [1.54, 1.807) is 24.3 Å². The van der Waals surface area contributed by atoms with Crippen LogP contribution in [-0.4, -0.2) is 67.6 Å². The highest BCUT2D eigenvalue weighted by Gasteiger charge is 2.64. The normalized spacial score (nSPS) is 27.1. The number of carboxylic acid groups (broad SMARTS) is 3. The van der Waals surface area contributed by atoms with Crippen molar-refractivity contribution in [2.45, 2.75) is 123 Å². The molecule has 72 heavy (non-hydrogen) atoms. The number of fused-ring (bicyclic) bond motifs is 5. The minimum atomic E-state index is -1.29. The molecule has 5 N–H and O–H groups in total. The van der Waals surface area contributed by atoms with Crippen LogP contribution >= 0.6 is 0 Å². The van der Waals surface area contributed by atoms with Gasteiger partial charge in [-0.1, -0.05) is 57.2 Å². The number of hydrogen-bond acceptors (Lipinski definition) is 13. The number of benzene rings is 4. The lowest BCUT2D eigenvalue weighted by Gasteiger charge is -2.62. The molecule has 0 bridgehead atoms. The second-order valence-electron chi connectivity index (χ2n) is 21.0. The molecule has 0 aromatic heterocycles. The van der Waals surface area contributed by atoms with E-state index in [9.17, 15) is 49.5 Å². The molecule has 4 saturated carbocycles. The Morgan fingerprint density at radius 1 is 0.625 bits per heavy atom. The van der Waals surface area contributed by atoms with Crippen LogP contribution < -0.4 is 0 Å². The van der Waals surface area contributed by atoms with Gasteiger partial charge in [0.15, 0.2) is 0 Å². The Bertz CT molecular complexity index is 2760. The number of aromatic carboxylic acids is 2. The fourth-order valence-electron chi connectivity index (χ4n) is 13.2. The number of azo groups is 2. The summed E-state index contributed by atoms with van der Waals surface area (Å²) < 4.78 is 12.9. The van der Waals surface area contributed by atoms with Gasteiger partial charge < -0.3 is 35.0 Å². The second kappa shape index (κ2) is 21.8. The number of aryl methyl sites for hydroxylation is 2. The number of aliphatic carboxylic acids is 1. The third-order valence-electron chi connectivity index (χ3n) is 16.9. The van der Waals surface area contributed by atoms with E-state index < -0.39 is 17.9 Å². The molecule has 4 fully saturated rings. The SMILES string of the molecule is CC(CCC(=O)O)C1CCC2C3C(OC(=O)CCc4ccccc4N=Nc4ccc(O)c(C(=O)O)c4)CC4C[C@H](OC(=O)CCc5ccccc5N=Nc5ccc(O)c(C(=O)O)c5)CCC4(C)C3CCC12C. The first-order chi connectivity index (χ1) is 34.4. The largest absolute Gasteiger partial charge is 0.507 e. The van der Waals surface area contributed by atoms with Crippen molar-refractivity contribution < 1.29 is 59.0 Å². The number of ether oxygens (including phenoxy) is 2. The van der Waals surface area contributed by atoms with Crippen molar-refractivity contribution in [2.75, 3.05) is 0 Å². The first-order valence-electron chi connectivity index (χ1n) is 25.2. The molecule has 4 aliphatic carbocycles. The molecule has 0 amide bonds. The Morgan fingerprint density at radius 2 is 1.15 bits per heavy atom. The van der Waals surface area contributed by atoms with Gasteiger partial charge in [0, 0.05) is 25.2 Å². The van der Waals surface area contributed by atoms with Crippen LogP contribution in [0.4, 0.5) is 22.7 Å². The molecular formula is C56H64N4O12. The molecule has 0 aliphatic heterocycles. The zero-order chi connectivity index (χ0) is 51.3. The van der Waals surface area contributed by atoms with E-state index in [0.29, 0.717) is 55.3 Å². The van der Waals surface area contributed by atoms with Crippen LogP contribution in [0.5, 0.6) is 11.5 Å². The summed E-state index contributed by atoms with van der Waals surface area (Å²) in [6.45, 7) is 6.99. The molecule has 0 spiro atoms.